The molecule has 1 heterocycles. The summed E-state index contributed by atoms with van der Waals surface area (Å²) in [4.78, 5) is 15.2. The Hall–Kier alpha value is -1.23. The van der Waals surface area contributed by atoms with Crippen LogP contribution in [-0.4, -0.2) is 28.4 Å². The molecule has 1 rings (SSSR count). The van der Waals surface area contributed by atoms with Crippen molar-refractivity contribution in [2.24, 2.45) is 7.05 Å². The number of imidazole rings is 1. The number of aromatic nitrogens is 2. The summed E-state index contributed by atoms with van der Waals surface area (Å²) in [6.07, 6.45) is 5.48. The number of aryl methyl sites for hydroxylation is 1. The van der Waals surface area contributed by atoms with Gasteiger partial charge in [0.1, 0.15) is 0 Å². The molecule has 0 unspecified atom stereocenters. The molecule has 4 nitrogen and oxygen atoms in total. The molecule has 0 spiro atoms. The topological polar surface area (TPSA) is 44.1 Å². The number of thioether (sulfide) groups is 1. The summed E-state index contributed by atoms with van der Waals surface area (Å²) in [6.45, 7) is 1.74. The zero-order chi connectivity index (χ0) is 11.3. The maximum absolute atomic E-state index is 11.1. The van der Waals surface area contributed by atoms with Crippen molar-refractivity contribution in [1.82, 2.24) is 9.55 Å². The minimum absolute atomic E-state index is 0.282. The number of hydrogen-bond donors (Lipinski definition) is 0. The number of nitrogens with zero attached hydrogens (tertiary/aromatic N) is 2. The number of hydrogen-bond acceptors (Lipinski definition) is 4. The van der Waals surface area contributed by atoms with Gasteiger partial charge in [-0.15, -0.1) is 0 Å². The SMILES string of the molecule is COC(=O)C(C)=CCSc1nccn1C. The van der Waals surface area contributed by atoms with Gasteiger partial charge in [-0.05, 0) is 6.92 Å². The van der Waals surface area contributed by atoms with E-state index in [1.807, 2.05) is 23.9 Å². The van der Waals surface area contributed by atoms with Crippen LogP contribution >= 0.6 is 11.8 Å². The first-order chi connectivity index (χ1) is 7.15. The third-order valence-corrected chi connectivity index (χ3v) is 2.87. The quantitative estimate of drug-likeness (QED) is 0.444. The number of esters is 1. The molecule has 82 valence electrons. The highest BCUT2D eigenvalue weighted by Crippen LogP contribution is 2.15. The van der Waals surface area contributed by atoms with Gasteiger partial charge in [0.15, 0.2) is 5.16 Å². The maximum atomic E-state index is 11.1. The van der Waals surface area contributed by atoms with Crippen molar-refractivity contribution in [2.45, 2.75) is 12.1 Å². The summed E-state index contributed by atoms with van der Waals surface area (Å²) in [6, 6.07) is 0. The molecule has 15 heavy (non-hydrogen) atoms. The van der Waals surface area contributed by atoms with E-state index < -0.39 is 0 Å². The summed E-state index contributed by atoms with van der Waals surface area (Å²) in [5.74, 6) is 0.432. The zero-order valence-electron chi connectivity index (χ0n) is 9.06. The van der Waals surface area contributed by atoms with Gasteiger partial charge in [0, 0.05) is 30.8 Å². The highest BCUT2D eigenvalue weighted by atomic mass is 32.2. The second kappa shape index (κ2) is 5.60. The van der Waals surface area contributed by atoms with Crippen molar-refractivity contribution in [3.8, 4) is 0 Å². The highest BCUT2D eigenvalue weighted by Gasteiger charge is 2.03. The predicted molar refractivity (Wildman–Crippen MR) is 59.7 cm³/mol. The van der Waals surface area contributed by atoms with Gasteiger partial charge in [-0.1, -0.05) is 17.8 Å². The van der Waals surface area contributed by atoms with E-state index in [1.54, 1.807) is 24.9 Å². The van der Waals surface area contributed by atoms with E-state index in [4.69, 9.17) is 0 Å². The number of carbonyl (C=O) groups excluding carboxylic acids is 1. The molecule has 0 aliphatic carbocycles. The molecule has 0 fully saturated rings. The number of rotatable bonds is 4. The van der Waals surface area contributed by atoms with Gasteiger partial charge in [-0.2, -0.15) is 0 Å². The average Bonchev–Trinajstić information content (AvgIpc) is 2.63. The lowest BCUT2D eigenvalue weighted by atomic mass is 10.3. The number of ether oxygens (including phenoxy) is 1. The fourth-order valence-corrected chi connectivity index (χ4v) is 1.86. The summed E-state index contributed by atoms with van der Waals surface area (Å²) in [7, 11) is 3.32. The third-order valence-electron chi connectivity index (χ3n) is 1.89. The molecule has 1 aromatic heterocycles. The van der Waals surface area contributed by atoms with Gasteiger partial charge in [-0.3, -0.25) is 0 Å². The second-order valence-corrected chi connectivity index (χ2v) is 4.00. The molecule has 0 amide bonds. The van der Waals surface area contributed by atoms with Gasteiger partial charge < -0.3 is 9.30 Å². The molecular weight excluding hydrogens is 212 g/mol. The van der Waals surface area contributed by atoms with Gasteiger partial charge in [-0.25, -0.2) is 9.78 Å². The molecule has 0 aliphatic heterocycles. The van der Waals surface area contributed by atoms with Crippen LogP contribution in [0.25, 0.3) is 0 Å². The van der Waals surface area contributed by atoms with Crippen molar-refractivity contribution in [3.63, 3.8) is 0 Å². The standard InChI is InChI=1S/C10H14N2O2S/c1-8(9(13)14-3)4-7-15-10-11-5-6-12(10)2/h4-6H,7H2,1-3H3. The van der Waals surface area contributed by atoms with E-state index in [2.05, 4.69) is 9.72 Å². The number of methoxy groups -OCH3 is 1. The Balaban J connectivity index is 2.45. The molecule has 0 bridgehead atoms. The predicted octanol–water partition coefficient (Wildman–Crippen LogP) is 1.63. The first-order valence-corrected chi connectivity index (χ1v) is 5.49. The van der Waals surface area contributed by atoms with Crippen LogP contribution in [0, 0.1) is 0 Å². The molecule has 0 atom stereocenters. The summed E-state index contributed by atoms with van der Waals surface area (Å²) >= 11 is 1.58. The van der Waals surface area contributed by atoms with Gasteiger partial charge in [0.05, 0.1) is 7.11 Å². The monoisotopic (exact) mass is 226 g/mol. The largest absolute Gasteiger partial charge is 0.466 e. The fraction of sp³-hybridized carbons (Fsp3) is 0.400. The van der Waals surface area contributed by atoms with Crippen LogP contribution in [0.4, 0.5) is 0 Å². The van der Waals surface area contributed by atoms with Crippen LogP contribution < -0.4 is 0 Å². The Kier molecular flexibility index (Phi) is 4.42. The second-order valence-electron chi connectivity index (χ2n) is 3.01. The summed E-state index contributed by atoms with van der Waals surface area (Å²) < 4.78 is 6.52. The van der Waals surface area contributed by atoms with Gasteiger partial charge in [0.25, 0.3) is 0 Å². The molecule has 0 aliphatic rings. The van der Waals surface area contributed by atoms with Crippen molar-refractivity contribution in [2.75, 3.05) is 12.9 Å². The zero-order valence-corrected chi connectivity index (χ0v) is 9.87. The van der Waals surface area contributed by atoms with E-state index in [0.717, 1.165) is 5.16 Å². The van der Waals surface area contributed by atoms with E-state index in [9.17, 15) is 4.79 Å². The van der Waals surface area contributed by atoms with E-state index >= 15 is 0 Å². The molecular formula is C10H14N2O2S. The van der Waals surface area contributed by atoms with Crippen LogP contribution in [0.2, 0.25) is 0 Å². The fourth-order valence-electron chi connectivity index (χ4n) is 0.977. The van der Waals surface area contributed by atoms with Crippen LogP contribution in [0.15, 0.2) is 29.2 Å². The van der Waals surface area contributed by atoms with Gasteiger partial charge >= 0.3 is 5.97 Å². The van der Waals surface area contributed by atoms with Crippen LogP contribution in [0.3, 0.4) is 0 Å². The first-order valence-electron chi connectivity index (χ1n) is 4.50. The molecule has 0 N–H and O–H groups in total. The Morgan fingerprint density at radius 3 is 3.00 bits per heavy atom. The minimum atomic E-state index is -0.282. The Morgan fingerprint density at radius 1 is 1.73 bits per heavy atom. The molecule has 5 heteroatoms. The maximum Gasteiger partial charge on any atom is 0.333 e. The molecule has 0 saturated heterocycles. The van der Waals surface area contributed by atoms with E-state index in [-0.39, 0.29) is 5.97 Å². The first kappa shape index (κ1) is 11.8. The van der Waals surface area contributed by atoms with E-state index in [1.165, 1.54) is 7.11 Å². The van der Waals surface area contributed by atoms with E-state index in [0.29, 0.717) is 11.3 Å². The molecule has 0 aromatic carbocycles. The molecule has 0 radical (unpaired) electrons. The van der Waals surface area contributed by atoms with Crippen molar-refractivity contribution < 1.29 is 9.53 Å². The lowest BCUT2D eigenvalue weighted by Crippen LogP contribution is -2.01. The Bertz CT molecular complexity index is 371. The normalized spacial score (nSPS) is 11.5. The summed E-state index contributed by atoms with van der Waals surface area (Å²) in [5.41, 5.74) is 0.624. The number of carbonyl (C=O) groups is 1. The lowest BCUT2D eigenvalue weighted by Gasteiger charge is -2.00. The lowest BCUT2D eigenvalue weighted by molar-refractivity contribution is -0.136. The minimum Gasteiger partial charge on any atom is -0.466 e. The van der Waals surface area contributed by atoms with Crippen molar-refractivity contribution in [3.05, 3.63) is 24.0 Å². The average molecular weight is 226 g/mol. The smallest absolute Gasteiger partial charge is 0.333 e. The molecule has 0 saturated carbocycles. The molecule has 1 aromatic rings. The van der Waals surface area contributed by atoms with Crippen LogP contribution in [0.1, 0.15) is 6.92 Å². The van der Waals surface area contributed by atoms with Crippen molar-refractivity contribution in [1.29, 1.82) is 0 Å². The summed E-state index contributed by atoms with van der Waals surface area (Å²) in [5, 5.41) is 0.934. The van der Waals surface area contributed by atoms with Crippen LogP contribution in [0.5, 0.6) is 0 Å². The highest BCUT2D eigenvalue weighted by molar-refractivity contribution is 7.99. The third kappa shape index (κ3) is 3.43. The Morgan fingerprint density at radius 2 is 2.47 bits per heavy atom. The van der Waals surface area contributed by atoms with Crippen LogP contribution in [-0.2, 0) is 16.6 Å². The van der Waals surface area contributed by atoms with Crippen molar-refractivity contribution >= 4 is 17.7 Å². The van der Waals surface area contributed by atoms with Gasteiger partial charge in [0.2, 0.25) is 0 Å². The Labute approximate surface area is 93.3 Å².